The topological polar surface area (TPSA) is 287 Å². The Kier molecular flexibility index (Phi) is 23.5. The molecule has 4 fully saturated rings. The van der Waals surface area contributed by atoms with Gasteiger partial charge in [0.1, 0.15) is 30.0 Å². The van der Waals surface area contributed by atoms with Gasteiger partial charge in [0.25, 0.3) is 0 Å². The Morgan fingerprint density at radius 2 is 1.56 bits per heavy atom. The Morgan fingerprint density at radius 3 is 2.17 bits per heavy atom. The average molecular weight is 1150 g/mol. The van der Waals surface area contributed by atoms with Gasteiger partial charge >= 0.3 is 6.09 Å². The number of methoxy groups -OCH3 is 1. The maximum atomic E-state index is 13.1. The number of aliphatic hydroxyl groups excluding tert-OH is 6. The molecule has 6 rings (SSSR count). The molecule has 4 saturated heterocycles. The number of benzene rings is 1. The van der Waals surface area contributed by atoms with Crippen molar-refractivity contribution in [2.75, 3.05) is 65.4 Å². The Morgan fingerprint density at radius 1 is 0.889 bits per heavy atom. The molecule has 464 valence electrons. The number of ether oxygens (including phenoxy) is 7. The van der Waals surface area contributed by atoms with E-state index in [-0.39, 0.29) is 51.0 Å². The van der Waals surface area contributed by atoms with Crippen LogP contribution in [0.4, 0.5) is 10.5 Å². The van der Waals surface area contributed by atoms with Crippen molar-refractivity contribution in [3.05, 3.63) is 41.7 Å². The first-order valence-corrected chi connectivity index (χ1v) is 29.4. The van der Waals surface area contributed by atoms with Crippen molar-refractivity contribution >= 4 is 11.8 Å². The number of carbonyl (C=O) groups is 1. The summed E-state index contributed by atoms with van der Waals surface area (Å²) in [6.45, 7) is 24.3. The minimum atomic E-state index is -1.80. The van der Waals surface area contributed by atoms with E-state index in [0.717, 1.165) is 0 Å². The highest BCUT2D eigenvalue weighted by Gasteiger charge is 2.53. The Labute approximate surface area is 480 Å². The normalized spacial score (nSPS) is 39.8. The van der Waals surface area contributed by atoms with Crippen LogP contribution >= 0.6 is 0 Å². The summed E-state index contributed by atoms with van der Waals surface area (Å²) in [7, 11) is 5.26. The van der Waals surface area contributed by atoms with Crippen molar-refractivity contribution in [3.8, 4) is 0 Å². The second-order valence-corrected chi connectivity index (χ2v) is 24.6. The predicted octanol–water partition coefficient (Wildman–Crippen LogP) is 2.66. The van der Waals surface area contributed by atoms with E-state index in [1.54, 1.807) is 63.6 Å². The number of aliphatic hydroxyl groups is 8. The molecule has 1 unspecified atom stereocenters. The summed E-state index contributed by atoms with van der Waals surface area (Å²) in [6, 6.07) is 5.56. The van der Waals surface area contributed by atoms with Gasteiger partial charge in [0.2, 0.25) is 0 Å². The molecule has 1 aromatic carbocycles. The standard InChI is InChI=1S/C58H101N7O16/c1-16-45-58(12,74)50(69)37(8)62(14)28-33(4)26-56(10,73)52(35(6)49(36(7)53(71)79-45)80-46-27-57(11,75-15)51(70)38(9)77-46)81-54-48(68)43(25-34(5)76-54)61(13)24-23-40-29-64(60-59-40)30-42-31-65(55(72)78-42)41-21-19-39(20-22-41)47(67)44(32-66)63(17-2)18-3/h19-22,29,33-38,42-54,66-71,73-74H,16-18,23-28,30-32H2,1-15H3/t33-,34-,35+,36-,37-,38+,42+,43+,44+,45-,46+,47-,48-,49+,50-,51+,52-,53?,54+,56-,57-,58-/m1/s1. The van der Waals surface area contributed by atoms with E-state index >= 15 is 0 Å². The van der Waals surface area contributed by atoms with Crippen molar-refractivity contribution in [1.29, 1.82) is 0 Å². The lowest BCUT2D eigenvalue weighted by molar-refractivity contribution is -0.326. The van der Waals surface area contributed by atoms with Crippen LogP contribution in [-0.2, 0) is 46.1 Å². The number of anilines is 1. The van der Waals surface area contributed by atoms with Gasteiger partial charge in [-0.15, -0.1) is 5.10 Å². The first-order valence-electron chi connectivity index (χ1n) is 29.4. The SMILES string of the molecule is CC[C@H]1OC(O)[C@H](C)[C@@H](O[C@H]2C[C@@](C)(OC)[C@@H](O)[C@H](C)O2)[C@H](C)[C@@H](O[C@@H]2O[C@H](C)C[C@H](N(C)CCc3cn(C[C@H]4CN(c5ccc([C@@H](O)[C@H](CO)N(CC)CC)cc5)C(=O)O4)nn3)[C@H]2O)[C@](C)(O)C[C@@H](C)CN(C)[C@H](C)[C@@H](O)[C@]1(C)O. The molecule has 2 aromatic rings. The Balaban J connectivity index is 1.18. The van der Waals surface area contributed by atoms with Crippen LogP contribution in [0, 0.1) is 17.8 Å². The van der Waals surface area contributed by atoms with Gasteiger partial charge < -0.3 is 83.8 Å². The molecule has 23 nitrogen and oxygen atoms in total. The molecular weight excluding hydrogens is 1050 g/mol. The van der Waals surface area contributed by atoms with E-state index in [4.69, 9.17) is 33.2 Å². The fraction of sp³-hybridized carbons (Fsp3) is 0.845. The van der Waals surface area contributed by atoms with Crippen molar-refractivity contribution < 1.29 is 78.8 Å². The van der Waals surface area contributed by atoms with E-state index in [1.165, 1.54) is 18.9 Å². The van der Waals surface area contributed by atoms with Crippen LogP contribution in [0.25, 0.3) is 0 Å². The molecule has 1 aromatic heterocycles. The van der Waals surface area contributed by atoms with Gasteiger partial charge in [-0.1, -0.05) is 58.9 Å². The van der Waals surface area contributed by atoms with Gasteiger partial charge in [0, 0.05) is 68.8 Å². The second kappa shape index (κ2) is 28.4. The minimum absolute atomic E-state index is 0.111. The maximum Gasteiger partial charge on any atom is 0.414 e. The molecule has 0 aliphatic carbocycles. The number of rotatable bonds is 19. The fourth-order valence-electron chi connectivity index (χ4n) is 13.0. The highest BCUT2D eigenvalue weighted by atomic mass is 16.7. The number of aromatic nitrogens is 3. The van der Waals surface area contributed by atoms with Gasteiger partial charge in [-0.25, -0.2) is 9.48 Å². The highest BCUT2D eigenvalue weighted by molar-refractivity contribution is 5.89. The molecule has 4 aliphatic rings. The molecule has 8 N–H and O–H groups in total. The van der Waals surface area contributed by atoms with Crippen molar-refractivity contribution in [2.24, 2.45) is 17.8 Å². The summed E-state index contributed by atoms with van der Waals surface area (Å²) in [4.78, 5) is 20.6. The molecule has 22 atom stereocenters. The molecule has 23 heteroatoms. The molecule has 0 saturated carbocycles. The van der Waals surface area contributed by atoms with Crippen LogP contribution in [0.5, 0.6) is 0 Å². The van der Waals surface area contributed by atoms with Crippen LogP contribution in [-0.4, -0.2) is 246 Å². The van der Waals surface area contributed by atoms with Crippen LogP contribution < -0.4 is 4.90 Å². The summed E-state index contributed by atoms with van der Waals surface area (Å²) in [5.41, 5.74) is -2.56. The number of nitrogens with zero attached hydrogens (tertiary/aromatic N) is 7. The zero-order chi connectivity index (χ0) is 60.1. The third-order valence-electron chi connectivity index (χ3n) is 18.2. The number of likely N-dealkylation sites (N-methyl/N-ethyl adjacent to an activating group) is 3. The van der Waals surface area contributed by atoms with Gasteiger partial charge in [-0.2, -0.15) is 0 Å². The fourth-order valence-corrected chi connectivity index (χ4v) is 13.0. The summed E-state index contributed by atoms with van der Waals surface area (Å²) < 4.78 is 46.1. The van der Waals surface area contributed by atoms with Gasteiger partial charge in [-0.3, -0.25) is 9.80 Å². The first kappa shape index (κ1) is 67.1. The van der Waals surface area contributed by atoms with E-state index in [1.807, 2.05) is 76.5 Å². The summed E-state index contributed by atoms with van der Waals surface area (Å²) in [5.74, 6) is -1.88. The summed E-state index contributed by atoms with van der Waals surface area (Å²) in [5, 5.41) is 102. The largest absolute Gasteiger partial charge is 0.442 e. The lowest BCUT2D eigenvalue weighted by Crippen LogP contribution is -2.61. The van der Waals surface area contributed by atoms with Crippen molar-refractivity contribution in [3.63, 3.8) is 0 Å². The molecule has 5 heterocycles. The minimum Gasteiger partial charge on any atom is -0.442 e. The molecule has 4 aliphatic heterocycles. The molecule has 0 bridgehead atoms. The van der Waals surface area contributed by atoms with Crippen LogP contribution in [0.15, 0.2) is 30.5 Å². The second-order valence-electron chi connectivity index (χ2n) is 24.6. The van der Waals surface area contributed by atoms with Crippen molar-refractivity contribution in [1.82, 2.24) is 29.7 Å². The third kappa shape index (κ3) is 15.7. The zero-order valence-electron chi connectivity index (χ0n) is 50.8. The zero-order valence-corrected chi connectivity index (χ0v) is 50.8. The quantitative estimate of drug-likeness (QED) is 0.100. The first-order chi connectivity index (χ1) is 38.0. The molecular formula is C58H101N7O16. The number of cyclic esters (lactones) is 1. The number of carbonyl (C=O) groups excluding carboxylic acids is 1. The number of hydrogen-bond donors (Lipinski definition) is 8. The molecule has 0 radical (unpaired) electrons. The monoisotopic (exact) mass is 1150 g/mol. The van der Waals surface area contributed by atoms with Gasteiger partial charge in [0.05, 0.1) is 79.3 Å². The van der Waals surface area contributed by atoms with E-state index in [9.17, 15) is 45.6 Å². The van der Waals surface area contributed by atoms with Gasteiger partial charge in [0.15, 0.2) is 18.9 Å². The lowest BCUT2D eigenvalue weighted by atomic mass is 9.77. The third-order valence-corrected chi connectivity index (χ3v) is 18.2. The maximum absolute atomic E-state index is 13.1. The van der Waals surface area contributed by atoms with Crippen LogP contribution in [0.1, 0.15) is 126 Å². The number of amides is 1. The summed E-state index contributed by atoms with van der Waals surface area (Å²) >= 11 is 0. The molecule has 0 spiro atoms. The Hall–Kier alpha value is -3.05. The predicted molar refractivity (Wildman–Crippen MR) is 301 cm³/mol. The lowest BCUT2D eigenvalue weighted by Gasteiger charge is -2.49. The van der Waals surface area contributed by atoms with E-state index in [0.29, 0.717) is 56.0 Å². The Bertz CT molecular complexity index is 2250. The number of hydrogen-bond acceptors (Lipinski definition) is 21. The van der Waals surface area contributed by atoms with Crippen LogP contribution in [0.3, 0.4) is 0 Å². The average Bonchev–Trinajstić information content (AvgIpc) is 4.11. The smallest absolute Gasteiger partial charge is 0.414 e. The van der Waals surface area contributed by atoms with E-state index < -0.39 is 127 Å². The summed E-state index contributed by atoms with van der Waals surface area (Å²) in [6.07, 6.45) is -10.2. The van der Waals surface area contributed by atoms with Crippen molar-refractivity contribution in [2.45, 2.75) is 237 Å². The van der Waals surface area contributed by atoms with Gasteiger partial charge in [-0.05, 0) is 112 Å². The van der Waals surface area contributed by atoms with Crippen LogP contribution in [0.2, 0.25) is 0 Å². The van der Waals surface area contributed by atoms with E-state index in [2.05, 4.69) is 10.3 Å². The highest BCUT2D eigenvalue weighted by Crippen LogP contribution is 2.41. The molecule has 81 heavy (non-hydrogen) atoms. The molecule has 1 amide bonds.